The molecule has 0 bridgehead atoms. The molecule has 0 amide bonds. The number of ether oxygens (including phenoxy) is 1. The molecule has 1 aliphatic rings. The van der Waals surface area contributed by atoms with Crippen molar-refractivity contribution in [3.8, 4) is 5.75 Å². The van der Waals surface area contributed by atoms with Crippen LogP contribution in [0.1, 0.15) is 24.9 Å². The molecule has 2 aromatic carbocycles. The Balaban J connectivity index is 2.04. The number of para-hydroxylation sites is 2. The summed E-state index contributed by atoms with van der Waals surface area (Å²) in [5.41, 5.74) is 8.09. The minimum absolute atomic E-state index is 0.173. The topological polar surface area (TPSA) is 38.5 Å². The SMILES string of the molecule is C[C@H](N)c1ccc(N2CCCOc3ccccc32)c(F)c1. The van der Waals surface area contributed by atoms with Gasteiger partial charge in [-0.15, -0.1) is 0 Å². The van der Waals surface area contributed by atoms with Crippen molar-refractivity contribution in [1.82, 2.24) is 0 Å². The lowest BCUT2D eigenvalue weighted by Crippen LogP contribution is -2.19. The van der Waals surface area contributed by atoms with E-state index in [9.17, 15) is 4.39 Å². The maximum absolute atomic E-state index is 14.5. The van der Waals surface area contributed by atoms with E-state index in [2.05, 4.69) is 0 Å². The highest BCUT2D eigenvalue weighted by atomic mass is 19.1. The molecule has 0 spiro atoms. The van der Waals surface area contributed by atoms with Crippen molar-refractivity contribution in [2.45, 2.75) is 19.4 Å². The van der Waals surface area contributed by atoms with Crippen LogP contribution in [-0.2, 0) is 0 Å². The fraction of sp³-hybridized carbons (Fsp3) is 0.294. The smallest absolute Gasteiger partial charge is 0.147 e. The summed E-state index contributed by atoms with van der Waals surface area (Å²) in [4.78, 5) is 1.97. The van der Waals surface area contributed by atoms with Gasteiger partial charge in [-0.2, -0.15) is 0 Å². The van der Waals surface area contributed by atoms with Crippen LogP contribution < -0.4 is 15.4 Å². The first-order valence-corrected chi connectivity index (χ1v) is 7.21. The van der Waals surface area contributed by atoms with Crippen molar-refractivity contribution in [1.29, 1.82) is 0 Å². The van der Waals surface area contributed by atoms with Crippen LogP contribution in [0.3, 0.4) is 0 Å². The molecular formula is C17H19FN2O. The Kier molecular flexibility index (Phi) is 3.80. The summed E-state index contributed by atoms with van der Waals surface area (Å²) in [6.07, 6.45) is 0.850. The van der Waals surface area contributed by atoms with Gasteiger partial charge in [0.2, 0.25) is 0 Å². The Labute approximate surface area is 124 Å². The van der Waals surface area contributed by atoms with Gasteiger partial charge in [-0.1, -0.05) is 18.2 Å². The van der Waals surface area contributed by atoms with Crippen LogP contribution in [0.15, 0.2) is 42.5 Å². The maximum atomic E-state index is 14.5. The molecule has 3 nitrogen and oxygen atoms in total. The number of hydrogen-bond acceptors (Lipinski definition) is 3. The van der Waals surface area contributed by atoms with Crippen molar-refractivity contribution in [2.75, 3.05) is 18.1 Å². The molecule has 1 aliphatic heterocycles. The molecule has 110 valence electrons. The van der Waals surface area contributed by atoms with Crippen molar-refractivity contribution in [2.24, 2.45) is 5.73 Å². The van der Waals surface area contributed by atoms with E-state index in [0.717, 1.165) is 30.0 Å². The molecule has 0 radical (unpaired) electrons. The Hall–Kier alpha value is -2.07. The second kappa shape index (κ2) is 5.74. The van der Waals surface area contributed by atoms with Crippen LogP contribution in [0.5, 0.6) is 5.75 Å². The van der Waals surface area contributed by atoms with E-state index in [-0.39, 0.29) is 11.9 Å². The molecule has 3 rings (SSSR count). The number of halogens is 1. The first-order valence-electron chi connectivity index (χ1n) is 7.21. The lowest BCUT2D eigenvalue weighted by molar-refractivity contribution is 0.322. The zero-order valence-electron chi connectivity index (χ0n) is 12.1. The van der Waals surface area contributed by atoms with Gasteiger partial charge in [0, 0.05) is 12.6 Å². The van der Waals surface area contributed by atoms with Crippen molar-refractivity contribution in [3.05, 3.63) is 53.8 Å². The maximum Gasteiger partial charge on any atom is 0.147 e. The molecule has 1 atom stereocenters. The van der Waals surface area contributed by atoms with Gasteiger partial charge in [-0.3, -0.25) is 0 Å². The van der Waals surface area contributed by atoms with Gasteiger partial charge in [0.05, 0.1) is 18.0 Å². The summed E-state index contributed by atoms with van der Waals surface area (Å²) in [6, 6.07) is 12.8. The van der Waals surface area contributed by atoms with Crippen molar-refractivity contribution in [3.63, 3.8) is 0 Å². The van der Waals surface area contributed by atoms with E-state index in [1.165, 1.54) is 6.07 Å². The molecule has 2 aromatic rings. The van der Waals surface area contributed by atoms with E-state index >= 15 is 0 Å². The Morgan fingerprint density at radius 1 is 1.19 bits per heavy atom. The number of benzene rings is 2. The van der Waals surface area contributed by atoms with E-state index in [1.54, 1.807) is 6.07 Å². The lowest BCUT2D eigenvalue weighted by Gasteiger charge is -2.25. The molecule has 0 aliphatic carbocycles. The van der Waals surface area contributed by atoms with Gasteiger partial charge in [0.1, 0.15) is 11.6 Å². The second-order valence-corrected chi connectivity index (χ2v) is 5.32. The minimum Gasteiger partial charge on any atom is -0.491 e. The average Bonchev–Trinajstić information content (AvgIpc) is 2.69. The largest absolute Gasteiger partial charge is 0.491 e. The fourth-order valence-electron chi connectivity index (χ4n) is 2.60. The number of nitrogens with zero attached hydrogens (tertiary/aromatic N) is 1. The highest BCUT2D eigenvalue weighted by Gasteiger charge is 2.20. The third kappa shape index (κ3) is 2.72. The van der Waals surface area contributed by atoms with Crippen LogP contribution in [0.2, 0.25) is 0 Å². The zero-order chi connectivity index (χ0) is 14.8. The first kappa shape index (κ1) is 13.9. The third-order valence-corrected chi connectivity index (χ3v) is 3.73. The summed E-state index contributed by atoms with van der Waals surface area (Å²) in [5, 5.41) is 0. The monoisotopic (exact) mass is 286 g/mol. The lowest BCUT2D eigenvalue weighted by atomic mass is 10.1. The van der Waals surface area contributed by atoms with Crippen LogP contribution >= 0.6 is 0 Å². The molecule has 0 unspecified atom stereocenters. The second-order valence-electron chi connectivity index (χ2n) is 5.32. The molecule has 2 N–H and O–H groups in total. The first-order chi connectivity index (χ1) is 10.2. The Morgan fingerprint density at radius 2 is 2.00 bits per heavy atom. The molecule has 21 heavy (non-hydrogen) atoms. The molecule has 0 fully saturated rings. The summed E-state index contributed by atoms with van der Waals surface area (Å²) in [6.45, 7) is 3.22. The zero-order valence-corrected chi connectivity index (χ0v) is 12.1. The number of anilines is 2. The highest BCUT2D eigenvalue weighted by molar-refractivity contribution is 5.70. The molecule has 0 aromatic heterocycles. The molecule has 1 heterocycles. The van der Waals surface area contributed by atoms with Gasteiger partial charge in [0.25, 0.3) is 0 Å². The summed E-state index contributed by atoms with van der Waals surface area (Å²) < 4.78 is 20.2. The number of hydrogen-bond donors (Lipinski definition) is 1. The molecule has 4 heteroatoms. The minimum atomic E-state index is -0.249. The summed E-state index contributed by atoms with van der Waals surface area (Å²) in [7, 11) is 0. The quantitative estimate of drug-likeness (QED) is 0.913. The molecule has 0 saturated heterocycles. The van der Waals surface area contributed by atoms with Crippen LogP contribution in [0, 0.1) is 5.82 Å². The number of fused-ring (bicyclic) bond motifs is 1. The van der Waals surface area contributed by atoms with E-state index in [1.807, 2.05) is 42.2 Å². The predicted octanol–water partition coefficient (Wildman–Crippen LogP) is 3.77. The van der Waals surface area contributed by atoms with Gasteiger partial charge in [-0.05, 0) is 43.2 Å². The predicted molar refractivity (Wildman–Crippen MR) is 82.6 cm³/mol. The normalized spacial score (nSPS) is 15.9. The van der Waals surface area contributed by atoms with Crippen LogP contribution in [0.25, 0.3) is 0 Å². The van der Waals surface area contributed by atoms with Crippen molar-refractivity contribution >= 4 is 11.4 Å². The van der Waals surface area contributed by atoms with Crippen LogP contribution in [0.4, 0.5) is 15.8 Å². The highest BCUT2D eigenvalue weighted by Crippen LogP contribution is 2.37. The number of rotatable bonds is 2. The fourth-order valence-corrected chi connectivity index (χ4v) is 2.60. The summed E-state index contributed by atoms with van der Waals surface area (Å²) >= 11 is 0. The number of nitrogens with two attached hydrogens (primary N) is 1. The molecule has 0 saturated carbocycles. The van der Waals surface area contributed by atoms with Gasteiger partial charge < -0.3 is 15.4 Å². The average molecular weight is 286 g/mol. The van der Waals surface area contributed by atoms with Gasteiger partial charge in [0.15, 0.2) is 0 Å². The summed E-state index contributed by atoms with van der Waals surface area (Å²) in [5.74, 6) is 0.548. The Bertz CT molecular complexity index is 642. The van der Waals surface area contributed by atoms with Crippen molar-refractivity contribution < 1.29 is 9.13 Å². The molecular weight excluding hydrogens is 267 g/mol. The van der Waals surface area contributed by atoms with Gasteiger partial charge >= 0.3 is 0 Å². The van der Waals surface area contributed by atoms with Gasteiger partial charge in [-0.25, -0.2) is 4.39 Å². The van der Waals surface area contributed by atoms with E-state index in [4.69, 9.17) is 10.5 Å². The van der Waals surface area contributed by atoms with E-state index in [0.29, 0.717) is 12.3 Å². The third-order valence-electron chi connectivity index (χ3n) is 3.73. The standard InChI is InChI=1S/C17H19FN2O/c1-12(19)13-7-8-15(14(18)11-13)20-9-4-10-21-17-6-3-2-5-16(17)20/h2-3,5-8,11-12H,4,9-10,19H2,1H3/t12-/m0/s1. The van der Waals surface area contributed by atoms with E-state index < -0.39 is 0 Å². The Morgan fingerprint density at radius 3 is 2.76 bits per heavy atom. The van der Waals surface area contributed by atoms with Crippen LogP contribution in [-0.4, -0.2) is 13.2 Å².